The number of nitrogens with one attached hydrogen (secondary N) is 2. The lowest BCUT2D eigenvalue weighted by molar-refractivity contribution is 0.0746. The first-order chi connectivity index (χ1) is 9.04. The number of nitrogens with zero attached hydrogens (tertiary/aromatic N) is 1. The third-order valence-electron chi connectivity index (χ3n) is 2.28. The molecule has 2 N–H and O–H groups in total. The third-order valence-corrected chi connectivity index (χ3v) is 2.28. The van der Waals surface area contributed by atoms with Crippen LogP contribution in [0.2, 0.25) is 0 Å². The molecule has 0 radical (unpaired) electrons. The van der Waals surface area contributed by atoms with E-state index < -0.39 is 5.82 Å². The summed E-state index contributed by atoms with van der Waals surface area (Å²) in [4.78, 5) is 15.8. The van der Waals surface area contributed by atoms with Crippen LogP contribution in [0.25, 0.3) is 0 Å². The van der Waals surface area contributed by atoms with E-state index in [0.29, 0.717) is 25.5 Å². The van der Waals surface area contributed by atoms with Crippen molar-refractivity contribution in [3.05, 3.63) is 23.6 Å². The van der Waals surface area contributed by atoms with Crippen molar-refractivity contribution in [2.45, 2.75) is 26.9 Å². The van der Waals surface area contributed by atoms with Crippen LogP contribution in [0.5, 0.6) is 0 Å². The minimum Gasteiger partial charge on any atom is -0.377 e. The van der Waals surface area contributed by atoms with E-state index in [1.165, 1.54) is 6.07 Å². The molecule has 0 aromatic carbocycles. The Hall–Kier alpha value is -1.69. The van der Waals surface area contributed by atoms with Gasteiger partial charge < -0.3 is 15.4 Å². The summed E-state index contributed by atoms with van der Waals surface area (Å²) in [6.45, 7) is 7.11. The summed E-state index contributed by atoms with van der Waals surface area (Å²) >= 11 is 0. The molecule has 0 fully saturated rings. The normalized spacial score (nSPS) is 10.6. The summed E-state index contributed by atoms with van der Waals surface area (Å²) in [6, 6.07) is 1.17. The highest BCUT2D eigenvalue weighted by atomic mass is 19.1. The highest BCUT2D eigenvalue weighted by Crippen LogP contribution is 2.13. The van der Waals surface area contributed by atoms with Gasteiger partial charge in [-0.3, -0.25) is 4.79 Å². The molecule has 1 aromatic heterocycles. The Kier molecular flexibility index (Phi) is 6.21. The summed E-state index contributed by atoms with van der Waals surface area (Å²) in [5, 5.41) is 5.59. The Bertz CT molecular complexity index is 424. The lowest BCUT2D eigenvalue weighted by atomic mass is 10.2. The maximum absolute atomic E-state index is 13.1. The fraction of sp³-hybridized carbons (Fsp3) is 0.538. The Balaban J connectivity index is 2.62. The van der Waals surface area contributed by atoms with Crippen LogP contribution in [0.4, 0.5) is 10.2 Å². The number of pyridine rings is 1. The monoisotopic (exact) mass is 269 g/mol. The molecule has 1 heterocycles. The van der Waals surface area contributed by atoms with Crippen molar-refractivity contribution in [1.82, 2.24) is 10.3 Å². The number of anilines is 1. The molecule has 19 heavy (non-hydrogen) atoms. The standard InChI is InChI=1S/C13H20FN3O2/c1-4-15-12-11(7-10(14)8-17-12)13(18)16-5-6-19-9(2)3/h7-9H,4-6H2,1-3H3,(H,15,17)(H,16,18). The van der Waals surface area contributed by atoms with Crippen LogP contribution >= 0.6 is 0 Å². The van der Waals surface area contributed by atoms with E-state index >= 15 is 0 Å². The minimum atomic E-state index is -0.537. The molecule has 1 rings (SSSR count). The Labute approximate surface area is 112 Å². The molecule has 0 aliphatic heterocycles. The molecule has 0 aliphatic carbocycles. The van der Waals surface area contributed by atoms with Gasteiger partial charge in [0.2, 0.25) is 0 Å². The minimum absolute atomic E-state index is 0.116. The molecule has 1 aromatic rings. The van der Waals surface area contributed by atoms with Crippen molar-refractivity contribution >= 4 is 11.7 Å². The fourth-order valence-corrected chi connectivity index (χ4v) is 1.48. The zero-order chi connectivity index (χ0) is 14.3. The number of amides is 1. The van der Waals surface area contributed by atoms with Crippen molar-refractivity contribution in [2.75, 3.05) is 25.0 Å². The summed E-state index contributed by atoms with van der Waals surface area (Å²) in [5.74, 6) is -0.522. The largest absolute Gasteiger partial charge is 0.377 e. The lowest BCUT2D eigenvalue weighted by Crippen LogP contribution is -2.29. The van der Waals surface area contributed by atoms with E-state index in [-0.39, 0.29) is 17.6 Å². The number of carbonyl (C=O) groups is 1. The van der Waals surface area contributed by atoms with E-state index in [1.807, 2.05) is 20.8 Å². The number of aromatic nitrogens is 1. The summed E-state index contributed by atoms with van der Waals surface area (Å²) < 4.78 is 18.5. The van der Waals surface area contributed by atoms with Crippen molar-refractivity contribution in [3.63, 3.8) is 0 Å². The van der Waals surface area contributed by atoms with E-state index in [9.17, 15) is 9.18 Å². The van der Waals surface area contributed by atoms with Gasteiger partial charge in [-0.05, 0) is 26.8 Å². The molecular formula is C13H20FN3O2. The van der Waals surface area contributed by atoms with Crippen LogP contribution in [-0.2, 0) is 4.74 Å². The molecular weight excluding hydrogens is 249 g/mol. The summed E-state index contributed by atoms with van der Waals surface area (Å²) in [5.41, 5.74) is 0.200. The van der Waals surface area contributed by atoms with Gasteiger partial charge >= 0.3 is 0 Å². The molecule has 0 bridgehead atoms. The van der Waals surface area contributed by atoms with Crippen LogP contribution in [-0.4, -0.2) is 36.7 Å². The van der Waals surface area contributed by atoms with Crippen molar-refractivity contribution in [3.8, 4) is 0 Å². The zero-order valence-corrected chi connectivity index (χ0v) is 11.5. The van der Waals surface area contributed by atoms with Crippen molar-refractivity contribution < 1.29 is 13.9 Å². The van der Waals surface area contributed by atoms with Crippen LogP contribution in [0.15, 0.2) is 12.3 Å². The Morgan fingerprint density at radius 1 is 1.53 bits per heavy atom. The van der Waals surface area contributed by atoms with Gasteiger partial charge in [0.05, 0.1) is 24.5 Å². The fourth-order valence-electron chi connectivity index (χ4n) is 1.48. The van der Waals surface area contributed by atoms with E-state index in [1.54, 1.807) is 0 Å². The van der Waals surface area contributed by atoms with Gasteiger partial charge in [-0.25, -0.2) is 9.37 Å². The van der Waals surface area contributed by atoms with Gasteiger partial charge in [0.15, 0.2) is 0 Å². The van der Waals surface area contributed by atoms with Gasteiger partial charge in [-0.1, -0.05) is 0 Å². The molecule has 1 amide bonds. The van der Waals surface area contributed by atoms with Crippen molar-refractivity contribution in [1.29, 1.82) is 0 Å². The van der Waals surface area contributed by atoms with E-state index in [4.69, 9.17) is 4.74 Å². The number of ether oxygens (including phenoxy) is 1. The average molecular weight is 269 g/mol. The van der Waals surface area contributed by atoms with Crippen molar-refractivity contribution in [2.24, 2.45) is 0 Å². The van der Waals surface area contributed by atoms with Gasteiger partial charge in [0.1, 0.15) is 11.6 Å². The first kappa shape index (κ1) is 15.4. The molecule has 0 aliphatic rings. The molecule has 5 nitrogen and oxygen atoms in total. The molecule has 0 atom stereocenters. The van der Waals surface area contributed by atoms with Gasteiger partial charge in [0.25, 0.3) is 5.91 Å². The number of carbonyl (C=O) groups excluding carboxylic acids is 1. The summed E-state index contributed by atoms with van der Waals surface area (Å²) in [7, 11) is 0. The number of hydrogen-bond acceptors (Lipinski definition) is 4. The number of rotatable bonds is 7. The number of halogens is 1. The van der Waals surface area contributed by atoms with Gasteiger partial charge in [-0.2, -0.15) is 0 Å². The maximum atomic E-state index is 13.1. The first-order valence-corrected chi connectivity index (χ1v) is 6.33. The average Bonchev–Trinajstić information content (AvgIpc) is 2.36. The second kappa shape index (κ2) is 7.68. The highest BCUT2D eigenvalue weighted by Gasteiger charge is 2.13. The predicted octanol–water partition coefficient (Wildman–Crippen LogP) is 1.81. The second-order valence-corrected chi connectivity index (χ2v) is 4.26. The molecule has 6 heteroatoms. The SMILES string of the molecule is CCNc1ncc(F)cc1C(=O)NCCOC(C)C. The smallest absolute Gasteiger partial charge is 0.255 e. The summed E-state index contributed by atoms with van der Waals surface area (Å²) in [6.07, 6.45) is 1.20. The Morgan fingerprint density at radius 3 is 2.89 bits per heavy atom. The molecule has 0 saturated carbocycles. The molecule has 0 unspecified atom stereocenters. The van der Waals surface area contributed by atoms with E-state index in [2.05, 4.69) is 15.6 Å². The van der Waals surface area contributed by atoms with Crippen LogP contribution in [0.1, 0.15) is 31.1 Å². The zero-order valence-electron chi connectivity index (χ0n) is 11.5. The Morgan fingerprint density at radius 2 is 2.26 bits per heavy atom. The third kappa shape index (κ3) is 5.21. The van der Waals surface area contributed by atoms with Crippen LogP contribution in [0.3, 0.4) is 0 Å². The molecule has 106 valence electrons. The second-order valence-electron chi connectivity index (χ2n) is 4.26. The topological polar surface area (TPSA) is 63.2 Å². The number of hydrogen-bond donors (Lipinski definition) is 2. The van der Waals surface area contributed by atoms with E-state index in [0.717, 1.165) is 6.20 Å². The van der Waals surface area contributed by atoms with Gasteiger partial charge in [0, 0.05) is 13.1 Å². The molecule has 0 spiro atoms. The first-order valence-electron chi connectivity index (χ1n) is 6.33. The van der Waals surface area contributed by atoms with Crippen LogP contribution in [0, 0.1) is 5.82 Å². The predicted molar refractivity (Wildman–Crippen MR) is 71.8 cm³/mol. The van der Waals surface area contributed by atoms with Crippen LogP contribution < -0.4 is 10.6 Å². The molecule has 0 saturated heterocycles. The maximum Gasteiger partial charge on any atom is 0.255 e. The van der Waals surface area contributed by atoms with Gasteiger partial charge in [-0.15, -0.1) is 0 Å². The lowest BCUT2D eigenvalue weighted by Gasteiger charge is -2.11. The quantitative estimate of drug-likeness (QED) is 0.741. The highest BCUT2D eigenvalue weighted by molar-refractivity contribution is 5.98.